The van der Waals surface area contributed by atoms with E-state index in [0.717, 1.165) is 5.56 Å². The van der Waals surface area contributed by atoms with Crippen molar-refractivity contribution in [2.75, 3.05) is 11.1 Å². The van der Waals surface area contributed by atoms with Crippen molar-refractivity contribution in [3.8, 4) is 0 Å². The molecule has 0 aromatic carbocycles. The van der Waals surface area contributed by atoms with Crippen LogP contribution in [-0.2, 0) is 15.9 Å². The fourth-order valence-corrected chi connectivity index (χ4v) is 1.70. The van der Waals surface area contributed by atoms with Crippen LogP contribution in [0.2, 0.25) is 0 Å². The van der Waals surface area contributed by atoms with Crippen LogP contribution >= 0.6 is 0 Å². The molecule has 0 fully saturated rings. The van der Waals surface area contributed by atoms with Gasteiger partial charge in [-0.2, -0.15) is 0 Å². The van der Waals surface area contributed by atoms with Crippen LogP contribution in [0.25, 0.3) is 0 Å². The SMILES string of the molecule is Cc1ccc(NC(=O)C(O)CCCS(=O)O)nc1. The number of carbonyl (C=O) groups is 1. The quantitative estimate of drug-likeness (QED) is 0.662. The molecular formula is C11H16N2O4S. The fourth-order valence-electron chi connectivity index (χ4n) is 1.28. The van der Waals surface area contributed by atoms with E-state index in [2.05, 4.69) is 10.3 Å². The average molecular weight is 272 g/mol. The molecule has 0 aliphatic heterocycles. The second-order valence-electron chi connectivity index (χ2n) is 3.89. The topological polar surface area (TPSA) is 99.5 Å². The van der Waals surface area contributed by atoms with E-state index in [0.29, 0.717) is 12.2 Å². The number of aromatic nitrogens is 1. The van der Waals surface area contributed by atoms with Gasteiger partial charge in [0.05, 0.1) is 0 Å². The number of pyridine rings is 1. The molecule has 0 aliphatic carbocycles. The summed E-state index contributed by atoms with van der Waals surface area (Å²) in [5.41, 5.74) is 0.971. The summed E-state index contributed by atoms with van der Waals surface area (Å²) in [4.78, 5) is 15.5. The first-order valence-corrected chi connectivity index (χ1v) is 6.75. The Morgan fingerprint density at radius 2 is 2.28 bits per heavy atom. The Balaban J connectivity index is 2.39. The van der Waals surface area contributed by atoms with E-state index < -0.39 is 23.1 Å². The molecule has 1 amide bonds. The Morgan fingerprint density at radius 1 is 1.56 bits per heavy atom. The molecule has 0 radical (unpaired) electrons. The number of hydrogen-bond donors (Lipinski definition) is 3. The van der Waals surface area contributed by atoms with Crippen LogP contribution in [-0.4, -0.2) is 36.6 Å². The molecular weight excluding hydrogens is 256 g/mol. The van der Waals surface area contributed by atoms with Crippen molar-refractivity contribution in [2.45, 2.75) is 25.9 Å². The summed E-state index contributed by atoms with van der Waals surface area (Å²) >= 11 is -1.89. The lowest BCUT2D eigenvalue weighted by atomic mass is 10.2. The highest BCUT2D eigenvalue weighted by molar-refractivity contribution is 7.79. The van der Waals surface area contributed by atoms with E-state index in [1.807, 2.05) is 6.92 Å². The van der Waals surface area contributed by atoms with Gasteiger partial charge < -0.3 is 15.0 Å². The summed E-state index contributed by atoms with van der Waals surface area (Å²) < 4.78 is 18.9. The molecule has 18 heavy (non-hydrogen) atoms. The van der Waals surface area contributed by atoms with E-state index >= 15 is 0 Å². The molecule has 100 valence electrons. The maximum Gasteiger partial charge on any atom is 0.254 e. The standard InChI is InChI=1S/C11H16N2O4S/c1-8-4-5-10(12-7-8)13-11(15)9(14)3-2-6-18(16)17/h4-5,7,9,14H,2-3,6H2,1H3,(H,16,17)(H,12,13,15). The lowest BCUT2D eigenvalue weighted by molar-refractivity contribution is -0.124. The largest absolute Gasteiger partial charge is 0.383 e. The second kappa shape index (κ2) is 7.20. The monoisotopic (exact) mass is 272 g/mol. The molecule has 2 atom stereocenters. The molecule has 1 rings (SSSR count). The third-order valence-corrected chi connectivity index (χ3v) is 2.90. The number of rotatable bonds is 6. The molecule has 0 spiro atoms. The molecule has 1 aromatic rings. The first-order chi connectivity index (χ1) is 8.49. The Labute approximate surface area is 108 Å². The number of carbonyl (C=O) groups excluding carboxylic acids is 1. The van der Waals surface area contributed by atoms with Gasteiger partial charge in [-0.05, 0) is 31.4 Å². The maximum atomic E-state index is 11.5. The molecule has 0 saturated carbocycles. The van der Waals surface area contributed by atoms with Gasteiger partial charge in [0.2, 0.25) is 0 Å². The molecule has 1 aromatic heterocycles. The Bertz CT molecular complexity index is 422. The third-order valence-electron chi connectivity index (χ3n) is 2.26. The highest BCUT2D eigenvalue weighted by Gasteiger charge is 2.15. The first-order valence-electron chi connectivity index (χ1n) is 5.48. The zero-order valence-corrected chi connectivity index (χ0v) is 10.8. The maximum absolute atomic E-state index is 11.5. The van der Waals surface area contributed by atoms with Crippen molar-refractivity contribution in [2.24, 2.45) is 0 Å². The van der Waals surface area contributed by atoms with Crippen molar-refractivity contribution in [3.05, 3.63) is 23.9 Å². The van der Waals surface area contributed by atoms with E-state index in [1.54, 1.807) is 18.3 Å². The summed E-state index contributed by atoms with van der Waals surface area (Å²) in [6.45, 7) is 1.88. The normalized spacial score (nSPS) is 13.9. The number of amides is 1. The third kappa shape index (κ3) is 5.35. The van der Waals surface area contributed by atoms with Crippen LogP contribution in [0.4, 0.5) is 5.82 Å². The van der Waals surface area contributed by atoms with Crippen LogP contribution in [0.1, 0.15) is 18.4 Å². The van der Waals surface area contributed by atoms with Gasteiger partial charge in [0.25, 0.3) is 5.91 Å². The Kier molecular flexibility index (Phi) is 5.90. The molecule has 0 saturated heterocycles. The van der Waals surface area contributed by atoms with Crippen LogP contribution in [0, 0.1) is 6.92 Å². The van der Waals surface area contributed by atoms with E-state index in [1.165, 1.54) is 0 Å². The van der Waals surface area contributed by atoms with Gasteiger partial charge in [-0.1, -0.05) is 6.07 Å². The average Bonchev–Trinajstić information content (AvgIpc) is 2.31. The second-order valence-corrected chi connectivity index (χ2v) is 4.94. The van der Waals surface area contributed by atoms with Gasteiger partial charge in [0, 0.05) is 11.9 Å². The lowest BCUT2D eigenvalue weighted by Gasteiger charge is -2.10. The zero-order chi connectivity index (χ0) is 13.5. The number of aliphatic hydroxyl groups is 1. The number of aliphatic hydroxyl groups excluding tert-OH is 1. The van der Waals surface area contributed by atoms with Crippen molar-refractivity contribution >= 4 is 22.8 Å². The summed E-state index contributed by atoms with van der Waals surface area (Å²) in [7, 11) is 0. The molecule has 1 heterocycles. The molecule has 2 unspecified atom stereocenters. The van der Waals surface area contributed by atoms with Gasteiger partial charge in [0.1, 0.15) is 11.9 Å². The minimum Gasteiger partial charge on any atom is -0.383 e. The van der Waals surface area contributed by atoms with Crippen molar-refractivity contribution in [1.82, 2.24) is 4.98 Å². The minimum atomic E-state index is -1.89. The zero-order valence-electron chi connectivity index (χ0n) is 10.00. The number of hydrogen-bond acceptors (Lipinski definition) is 4. The number of anilines is 1. The molecule has 7 heteroatoms. The lowest BCUT2D eigenvalue weighted by Crippen LogP contribution is -2.28. The smallest absolute Gasteiger partial charge is 0.254 e. The predicted molar refractivity (Wildman–Crippen MR) is 68.5 cm³/mol. The van der Waals surface area contributed by atoms with Gasteiger partial charge >= 0.3 is 0 Å². The van der Waals surface area contributed by atoms with Gasteiger partial charge in [-0.3, -0.25) is 4.79 Å². The van der Waals surface area contributed by atoms with Gasteiger partial charge in [-0.25, -0.2) is 9.19 Å². The minimum absolute atomic E-state index is 0.0487. The molecule has 0 aliphatic rings. The number of nitrogens with zero attached hydrogens (tertiary/aromatic N) is 1. The summed E-state index contributed by atoms with van der Waals surface area (Å²) in [6, 6.07) is 3.44. The fraction of sp³-hybridized carbons (Fsp3) is 0.455. The van der Waals surface area contributed by atoms with Crippen molar-refractivity contribution in [3.63, 3.8) is 0 Å². The Hall–Kier alpha value is -1.31. The highest BCUT2D eigenvalue weighted by Crippen LogP contribution is 2.06. The van der Waals surface area contributed by atoms with Crippen molar-refractivity contribution in [1.29, 1.82) is 0 Å². The van der Waals surface area contributed by atoms with E-state index in [4.69, 9.17) is 4.55 Å². The van der Waals surface area contributed by atoms with Crippen LogP contribution in [0.15, 0.2) is 18.3 Å². The van der Waals surface area contributed by atoms with Crippen LogP contribution < -0.4 is 5.32 Å². The number of aryl methyl sites for hydroxylation is 1. The highest BCUT2D eigenvalue weighted by atomic mass is 32.2. The van der Waals surface area contributed by atoms with E-state index in [-0.39, 0.29) is 12.2 Å². The van der Waals surface area contributed by atoms with E-state index in [9.17, 15) is 14.1 Å². The first kappa shape index (κ1) is 14.7. The van der Waals surface area contributed by atoms with Gasteiger partial charge in [-0.15, -0.1) is 0 Å². The molecule has 0 bridgehead atoms. The predicted octanol–water partition coefficient (Wildman–Crippen LogP) is 0.691. The van der Waals surface area contributed by atoms with Crippen molar-refractivity contribution < 1.29 is 18.7 Å². The summed E-state index contributed by atoms with van der Waals surface area (Å²) in [5, 5.41) is 12.0. The summed E-state index contributed by atoms with van der Waals surface area (Å²) in [5.74, 6) is -0.141. The molecule has 3 N–H and O–H groups in total. The van der Waals surface area contributed by atoms with Crippen LogP contribution in [0.5, 0.6) is 0 Å². The Morgan fingerprint density at radius 3 is 2.83 bits per heavy atom. The number of nitrogens with one attached hydrogen (secondary N) is 1. The van der Waals surface area contributed by atoms with Crippen LogP contribution in [0.3, 0.4) is 0 Å². The summed E-state index contributed by atoms with van der Waals surface area (Å²) in [6.07, 6.45) is 0.858. The van der Waals surface area contributed by atoms with Gasteiger partial charge in [0.15, 0.2) is 11.1 Å². The molecule has 6 nitrogen and oxygen atoms in total.